The number of amides is 3. The highest BCUT2D eigenvalue weighted by molar-refractivity contribution is 5.96. The molecule has 7 nitrogen and oxygen atoms in total. The third-order valence-electron chi connectivity index (χ3n) is 5.32. The van der Waals surface area contributed by atoms with Crippen LogP contribution in [0.1, 0.15) is 36.0 Å². The lowest BCUT2D eigenvalue weighted by atomic mass is 10.1. The first-order valence-corrected chi connectivity index (χ1v) is 9.80. The summed E-state index contributed by atoms with van der Waals surface area (Å²) < 4.78 is 0. The fourth-order valence-corrected chi connectivity index (χ4v) is 3.28. The quantitative estimate of drug-likeness (QED) is 0.785. The third-order valence-corrected chi connectivity index (χ3v) is 5.32. The maximum absolute atomic E-state index is 12.7. The van der Waals surface area contributed by atoms with Crippen LogP contribution in [-0.2, 0) is 9.59 Å². The summed E-state index contributed by atoms with van der Waals surface area (Å²) >= 11 is 0. The van der Waals surface area contributed by atoms with Crippen LogP contribution in [-0.4, -0.2) is 66.3 Å². The maximum Gasteiger partial charge on any atom is 0.253 e. The topological polar surface area (TPSA) is 81.8 Å². The molecule has 0 aromatic heterocycles. The van der Waals surface area contributed by atoms with E-state index in [4.69, 9.17) is 0 Å². The van der Waals surface area contributed by atoms with Crippen molar-refractivity contribution in [1.82, 2.24) is 15.1 Å². The molecule has 7 heteroatoms. The maximum atomic E-state index is 12.7. The van der Waals surface area contributed by atoms with Gasteiger partial charge in [0.25, 0.3) is 5.91 Å². The monoisotopic (exact) mass is 370 g/mol. The molecule has 3 aliphatic rings. The number of nitrogens with zero attached hydrogens (tertiary/aromatic N) is 2. The minimum Gasteiger partial charge on any atom is -0.352 e. The summed E-state index contributed by atoms with van der Waals surface area (Å²) in [5, 5.41) is 5.88. The van der Waals surface area contributed by atoms with Crippen molar-refractivity contribution in [3.63, 3.8) is 0 Å². The van der Waals surface area contributed by atoms with Crippen LogP contribution < -0.4 is 10.6 Å². The van der Waals surface area contributed by atoms with Gasteiger partial charge in [0.1, 0.15) is 0 Å². The summed E-state index contributed by atoms with van der Waals surface area (Å²) in [5.74, 6) is 0.308. The van der Waals surface area contributed by atoms with Gasteiger partial charge in [-0.2, -0.15) is 0 Å². The second kappa shape index (κ2) is 7.68. The van der Waals surface area contributed by atoms with Crippen molar-refractivity contribution >= 4 is 23.4 Å². The van der Waals surface area contributed by atoms with Crippen LogP contribution in [0.5, 0.6) is 0 Å². The first-order valence-electron chi connectivity index (χ1n) is 9.80. The standard InChI is InChI=1S/C20H26N4O3/c25-18(21-16-7-8-16)13-23-9-11-24(12-10-23)20(27)15-3-5-17(6-4-15)22-19(26)14-1-2-14/h3-6,14,16H,1-2,7-13H2,(H,21,25)(H,22,26). The molecule has 0 unspecified atom stereocenters. The summed E-state index contributed by atoms with van der Waals surface area (Å²) in [4.78, 5) is 40.3. The highest BCUT2D eigenvalue weighted by atomic mass is 16.2. The average Bonchev–Trinajstić information content (AvgIpc) is 3.56. The first kappa shape index (κ1) is 18.0. The van der Waals surface area contributed by atoms with Crippen molar-refractivity contribution < 1.29 is 14.4 Å². The number of carbonyl (C=O) groups is 3. The Morgan fingerprint density at radius 2 is 1.59 bits per heavy atom. The molecule has 2 aliphatic carbocycles. The molecule has 1 aromatic rings. The molecule has 3 fully saturated rings. The lowest BCUT2D eigenvalue weighted by molar-refractivity contribution is -0.122. The van der Waals surface area contributed by atoms with Crippen LogP contribution in [0.3, 0.4) is 0 Å². The Balaban J connectivity index is 1.24. The minimum atomic E-state index is -0.00264. The van der Waals surface area contributed by atoms with Crippen molar-refractivity contribution in [3.8, 4) is 0 Å². The zero-order chi connectivity index (χ0) is 18.8. The summed E-state index contributed by atoms with van der Waals surface area (Å²) in [6.45, 7) is 3.07. The van der Waals surface area contributed by atoms with E-state index < -0.39 is 0 Å². The van der Waals surface area contributed by atoms with Gasteiger partial charge in [-0.05, 0) is 49.9 Å². The molecule has 0 bridgehead atoms. The van der Waals surface area contributed by atoms with Crippen LogP contribution in [0.2, 0.25) is 0 Å². The van der Waals surface area contributed by atoms with Gasteiger partial charge in [0.2, 0.25) is 11.8 Å². The van der Waals surface area contributed by atoms with Crippen LogP contribution in [0.4, 0.5) is 5.69 Å². The van der Waals surface area contributed by atoms with E-state index in [1.807, 2.05) is 4.90 Å². The van der Waals surface area contributed by atoms with Gasteiger partial charge < -0.3 is 15.5 Å². The molecule has 4 rings (SSSR count). The summed E-state index contributed by atoms with van der Waals surface area (Å²) in [5.41, 5.74) is 1.36. The molecule has 1 aromatic carbocycles. The Hall–Kier alpha value is -2.41. The molecule has 0 atom stereocenters. The van der Waals surface area contributed by atoms with Gasteiger partial charge >= 0.3 is 0 Å². The number of piperazine rings is 1. The van der Waals surface area contributed by atoms with E-state index in [2.05, 4.69) is 15.5 Å². The van der Waals surface area contributed by atoms with Crippen LogP contribution in [0.25, 0.3) is 0 Å². The number of anilines is 1. The number of hydrogen-bond donors (Lipinski definition) is 2. The Morgan fingerprint density at radius 3 is 2.19 bits per heavy atom. The van der Waals surface area contributed by atoms with Gasteiger partial charge in [-0.1, -0.05) is 0 Å². The predicted octanol–water partition coefficient (Wildman–Crippen LogP) is 1.07. The molecule has 0 spiro atoms. The molecule has 0 radical (unpaired) electrons. The Bertz CT molecular complexity index is 717. The molecule has 1 aliphatic heterocycles. The lowest BCUT2D eigenvalue weighted by Crippen LogP contribution is -2.51. The van der Waals surface area contributed by atoms with E-state index in [0.29, 0.717) is 44.3 Å². The zero-order valence-corrected chi connectivity index (χ0v) is 15.4. The molecule has 2 N–H and O–H groups in total. The minimum absolute atomic E-state index is 0.00264. The van der Waals surface area contributed by atoms with E-state index in [-0.39, 0.29) is 23.6 Å². The summed E-state index contributed by atoms with van der Waals surface area (Å²) in [7, 11) is 0. The van der Waals surface area contributed by atoms with Crippen molar-refractivity contribution in [3.05, 3.63) is 29.8 Å². The smallest absolute Gasteiger partial charge is 0.253 e. The number of nitrogens with one attached hydrogen (secondary N) is 2. The van der Waals surface area contributed by atoms with Gasteiger partial charge in [-0.25, -0.2) is 0 Å². The highest BCUT2D eigenvalue weighted by Crippen LogP contribution is 2.30. The molecule has 1 saturated heterocycles. The number of carbonyl (C=O) groups excluding carboxylic acids is 3. The number of benzene rings is 1. The molecular weight excluding hydrogens is 344 g/mol. The third kappa shape index (κ3) is 4.86. The van der Waals surface area contributed by atoms with Crippen LogP contribution in [0.15, 0.2) is 24.3 Å². The molecular formula is C20H26N4O3. The average molecular weight is 370 g/mol. The molecule has 3 amide bonds. The van der Waals surface area contributed by atoms with Gasteiger partial charge in [0.15, 0.2) is 0 Å². The van der Waals surface area contributed by atoms with Gasteiger partial charge in [-0.3, -0.25) is 19.3 Å². The van der Waals surface area contributed by atoms with Crippen molar-refractivity contribution in [2.75, 3.05) is 38.0 Å². The number of hydrogen-bond acceptors (Lipinski definition) is 4. The number of rotatable bonds is 6. The first-order chi connectivity index (χ1) is 13.1. The van der Waals surface area contributed by atoms with E-state index in [9.17, 15) is 14.4 Å². The van der Waals surface area contributed by atoms with E-state index in [1.54, 1.807) is 24.3 Å². The highest BCUT2D eigenvalue weighted by Gasteiger charge is 2.30. The SMILES string of the molecule is O=C(CN1CCN(C(=O)c2ccc(NC(=O)C3CC3)cc2)CC1)NC1CC1. The largest absolute Gasteiger partial charge is 0.352 e. The summed E-state index contributed by atoms with van der Waals surface area (Å²) in [6, 6.07) is 7.48. The Labute approximate surface area is 159 Å². The van der Waals surface area contributed by atoms with Crippen molar-refractivity contribution in [2.45, 2.75) is 31.7 Å². The zero-order valence-electron chi connectivity index (χ0n) is 15.4. The van der Waals surface area contributed by atoms with E-state index in [0.717, 1.165) is 31.4 Å². The second-order valence-electron chi connectivity index (χ2n) is 7.75. The summed E-state index contributed by atoms with van der Waals surface area (Å²) in [6.07, 6.45) is 4.13. The fraction of sp³-hybridized carbons (Fsp3) is 0.550. The van der Waals surface area contributed by atoms with E-state index >= 15 is 0 Å². The fourth-order valence-electron chi connectivity index (χ4n) is 3.28. The molecule has 144 valence electrons. The van der Waals surface area contributed by atoms with Gasteiger partial charge in [-0.15, -0.1) is 0 Å². The van der Waals surface area contributed by atoms with Gasteiger partial charge in [0.05, 0.1) is 6.54 Å². The predicted molar refractivity (Wildman–Crippen MR) is 101 cm³/mol. The Kier molecular flexibility index (Phi) is 5.11. The molecule has 2 saturated carbocycles. The Morgan fingerprint density at radius 1 is 0.926 bits per heavy atom. The lowest BCUT2D eigenvalue weighted by Gasteiger charge is -2.34. The molecule has 27 heavy (non-hydrogen) atoms. The van der Waals surface area contributed by atoms with Crippen molar-refractivity contribution in [2.24, 2.45) is 5.92 Å². The van der Waals surface area contributed by atoms with E-state index in [1.165, 1.54) is 0 Å². The second-order valence-corrected chi connectivity index (χ2v) is 7.75. The molecule has 1 heterocycles. The normalized spacial score (nSPS) is 20.2. The van der Waals surface area contributed by atoms with Crippen LogP contribution in [0, 0.1) is 5.92 Å². The van der Waals surface area contributed by atoms with Crippen LogP contribution >= 0.6 is 0 Å². The van der Waals surface area contributed by atoms with Crippen molar-refractivity contribution in [1.29, 1.82) is 0 Å². The van der Waals surface area contributed by atoms with Gasteiger partial charge in [0, 0.05) is 49.4 Å².